The second-order valence-electron chi connectivity index (χ2n) is 5.89. The van der Waals surface area contributed by atoms with Crippen molar-refractivity contribution in [3.05, 3.63) is 0 Å². The Labute approximate surface area is 105 Å². The molecule has 0 bridgehead atoms. The highest BCUT2D eigenvalue weighted by Crippen LogP contribution is 2.26. The predicted octanol–water partition coefficient (Wildman–Crippen LogP) is 2.07. The highest BCUT2D eigenvalue weighted by molar-refractivity contribution is 5.82. The van der Waals surface area contributed by atoms with Crippen molar-refractivity contribution in [3.63, 3.8) is 0 Å². The Kier molecular flexibility index (Phi) is 4.43. The molecule has 3 heteroatoms. The van der Waals surface area contributed by atoms with Gasteiger partial charge in [0.25, 0.3) is 0 Å². The van der Waals surface area contributed by atoms with Gasteiger partial charge in [-0.25, -0.2) is 0 Å². The van der Waals surface area contributed by atoms with E-state index >= 15 is 0 Å². The van der Waals surface area contributed by atoms with Gasteiger partial charge in [0.2, 0.25) is 5.91 Å². The van der Waals surface area contributed by atoms with E-state index in [4.69, 9.17) is 0 Å². The Hall–Kier alpha value is -0.570. The first-order valence-corrected chi connectivity index (χ1v) is 7.22. The van der Waals surface area contributed by atoms with E-state index in [9.17, 15) is 4.79 Å². The zero-order valence-electron chi connectivity index (χ0n) is 11.2. The van der Waals surface area contributed by atoms with Gasteiger partial charge in [-0.2, -0.15) is 0 Å². The molecule has 0 radical (unpaired) electrons. The second kappa shape index (κ2) is 5.85. The number of carbonyl (C=O) groups is 1. The van der Waals surface area contributed by atoms with Crippen LogP contribution in [0.25, 0.3) is 0 Å². The summed E-state index contributed by atoms with van der Waals surface area (Å²) in [4.78, 5) is 12.1. The third-order valence-corrected chi connectivity index (χ3v) is 4.54. The van der Waals surface area contributed by atoms with Gasteiger partial charge >= 0.3 is 0 Å². The van der Waals surface area contributed by atoms with Gasteiger partial charge in [-0.05, 0) is 44.6 Å². The Morgan fingerprint density at radius 3 is 2.53 bits per heavy atom. The maximum absolute atomic E-state index is 12.1. The molecule has 1 aliphatic carbocycles. The van der Waals surface area contributed by atoms with E-state index in [-0.39, 0.29) is 11.9 Å². The van der Waals surface area contributed by atoms with Crippen LogP contribution in [0.3, 0.4) is 0 Å². The van der Waals surface area contributed by atoms with Crippen molar-refractivity contribution in [1.82, 2.24) is 10.6 Å². The Morgan fingerprint density at radius 2 is 1.94 bits per heavy atom. The smallest absolute Gasteiger partial charge is 0.237 e. The minimum atomic E-state index is 0.0426. The van der Waals surface area contributed by atoms with Crippen LogP contribution in [0.1, 0.15) is 52.4 Å². The first-order chi connectivity index (χ1) is 8.18. The Bertz CT molecular complexity index is 261. The average Bonchev–Trinajstić information content (AvgIpc) is 2.76. The summed E-state index contributed by atoms with van der Waals surface area (Å²) >= 11 is 0. The Morgan fingerprint density at radius 1 is 1.24 bits per heavy atom. The van der Waals surface area contributed by atoms with Crippen molar-refractivity contribution >= 4 is 5.91 Å². The van der Waals surface area contributed by atoms with Gasteiger partial charge in [0.05, 0.1) is 6.04 Å². The molecular formula is C14H26N2O. The largest absolute Gasteiger partial charge is 0.352 e. The molecule has 3 unspecified atom stereocenters. The first kappa shape index (κ1) is 12.9. The van der Waals surface area contributed by atoms with Crippen molar-refractivity contribution in [2.75, 3.05) is 6.54 Å². The minimum absolute atomic E-state index is 0.0426. The molecule has 2 N–H and O–H groups in total. The fraction of sp³-hybridized carbons (Fsp3) is 0.929. The molecule has 98 valence electrons. The lowest BCUT2D eigenvalue weighted by Gasteiger charge is -2.29. The quantitative estimate of drug-likeness (QED) is 0.790. The second-order valence-corrected chi connectivity index (χ2v) is 5.89. The summed E-state index contributed by atoms with van der Waals surface area (Å²) in [7, 11) is 0. The van der Waals surface area contributed by atoms with Crippen molar-refractivity contribution in [2.24, 2.45) is 11.8 Å². The van der Waals surface area contributed by atoms with Crippen molar-refractivity contribution < 1.29 is 4.79 Å². The van der Waals surface area contributed by atoms with Crippen LogP contribution in [0, 0.1) is 11.8 Å². The summed E-state index contributed by atoms with van der Waals surface area (Å²) in [6, 6.07) is 0.387. The van der Waals surface area contributed by atoms with Crippen LogP contribution in [0.5, 0.6) is 0 Å². The molecule has 1 heterocycles. The van der Waals surface area contributed by atoms with E-state index in [0.717, 1.165) is 13.0 Å². The summed E-state index contributed by atoms with van der Waals surface area (Å²) in [5, 5.41) is 6.52. The van der Waals surface area contributed by atoms with Gasteiger partial charge in [-0.3, -0.25) is 4.79 Å². The summed E-state index contributed by atoms with van der Waals surface area (Å²) < 4.78 is 0. The third-order valence-electron chi connectivity index (χ3n) is 4.54. The van der Waals surface area contributed by atoms with Crippen LogP contribution >= 0.6 is 0 Å². The highest BCUT2D eigenvalue weighted by Gasteiger charge is 2.31. The molecule has 2 rings (SSSR count). The normalized spacial score (nSPS) is 32.4. The number of amides is 1. The number of hydrogen-bond donors (Lipinski definition) is 2. The molecule has 1 aliphatic heterocycles. The molecule has 0 spiro atoms. The Balaban J connectivity index is 1.80. The molecule has 0 aromatic rings. The molecular weight excluding hydrogens is 212 g/mol. The lowest BCUT2D eigenvalue weighted by atomic mass is 9.84. The molecule has 3 atom stereocenters. The van der Waals surface area contributed by atoms with E-state index in [1.165, 1.54) is 32.1 Å². The molecule has 1 saturated carbocycles. The van der Waals surface area contributed by atoms with Gasteiger partial charge in [0.15, 0.2) is 0 Å². The summed E-state index contributed by atoms with van der Waals surface area (Å²) in [5.41, 5.74) is 0. The molecule has 0 aromatic carbocycles. The van der Waals surface area contributed by atoms with E-state index < -0.39 is 0 Å². The van der Waals surface area contributed by atoms with Crippen molar-refractivity contribution in [2.45, 2.75) is 64.5 Å². The number of nitrogens with one attached hydrogen (secondary N) is 2. The van der Waals surface area contributed by atoms with Crippen LogP contribution in [0.15, 0.2) is 0 Å². The minimum Gasteiger partial charge on any atom is -0.352 e. The summed E-state index contributed by atoms with van der Waals surface area (Å²) in [6.45, 7) is 5.32. The SMILES string of the molecule is CC1CCNC1C(=O)NC(C)C1CCCCC1. The fourth-order valence-electron chi connectivity index (χ4n) is 3.25. The third kappa shape index (κ3) is 3.21. The molecule has 3 nitrogen and oxygen atoms in total. The van der Waals surface area contributed by atoms with Crippen molar-refractivity contribution in [3.8, 4) is 0 Å². The van der Waals surface area contributed by atoms with Gasteiger partial charge in [0, 0.05) is 6.04 Å². The van der Waals surface area contributed by atoms with Crippen LogP contribution in [0.2, 0.25) is 0 Å². The van der Waals surface area contributed by atoms with Crippen LogP contribution in [-0.4, -0.2) is 24.5 Å². The average molecular weight is 238 g/mol. The standard InChI is InChI=1S/C14H26N2O/c1-10-8-9-15-13(10)14(17)16-11(2)12-6-4-3-5-7-12/h10-13,15H,3-9H2,1-2H3,(H,16,17). The van der Waals surface area contributed by atoms with Gasteiger partial charge in [0.1, 0.15) is 0 Å². The number of rotatable bonds is 3. The van der Waals surface area contributed by atoms with Gasteiger partial charge in [-0.1, -0.05) is 26.2 Å². The number of carbonyl (C=O) groups excluding carboxylic acids is 1. The van der Waals surface area contributed by atoms with Crippen molar-refractivity contribution in [1.29, 1.82) is 0 Å². The molecule has 2 fully saturated rings. The fourth-order valence-corrected chi connectivity index (χ4v) is 3.25. The maximum Gasteiger partial charge on any atom is 0.237 e. The van der Waals surface area contributed by atoms with Gasteiger partial charge < -0.3 is 10.6 Å². The highest BCUT2D eigenvalue weighted by atomic mass is 16.2. The maximum atomic E-state index is 12.1. The molecule has 2 aliphatic rings. The summed E-state index contributed by atoms with van der Waals surface area (Å²) in [6.07, 6.45) is 7.74. The molecule has 1 saturated heterocycles. The molecule has 1 amide bonds. The van der Waals surface area contributed by atoms with Crippen LogP contribution < -0.4 is 10.6 Å². The molecule has 0 aromatic heterocycles. The predicted molar refractivity (Wildman–Crippen MR) is 69.8 cm³/mol. The summed E-state index contributed by atoms with van der Waals surface area (Å²) in [5.74, 6) is 1.39. The lowest BCUT2D eigenvalue weighted by molar-refractivity contribution is -0.124. The van der Waals surface area contributed by atoms with E-state index in [0.29, 0.717) is 17.9 Å². The van der Waals surface area contributed by atoms with E-state index in [2.05, 4.69) is 24.5 Å². The van der Waals surface area contributed by atoms with Gasteiger partial charge in [-0.15, -0.1) is 0 Å². The zero-order valence-corrected chi connectivity index (χ0v) is 11.2. The van der Waals surface area contributed by atoms with Crippen LogP contribution in [0.4, 0.5) is 0 Å². The topological polar surface area (TPSA) is 41.1 Å². The zero-order chi connectivity index (χ0) is 12.3. The van der Waals surface area contributed by atoms with E-state index in [1.807, 2.05) is 0 Å². The first-order valence-electron chi connectivity index (χ1n) is 7.22. The monoisotopic (exact) mass is 238 g/mol. The lowest BCUT2D eigenvalue weighted by Crippen LogP contribution is -2.48. The van der Waals surface area contributed by atoms with E-state index in [1.54, 1.807) is 0 Å². The van der Waals surface area contributed by atoms with Crippen LogP contribution in [-0.2, 0) is 4.79 Å². The number of hydrogen-bond acceptors (Lipinski definition) is 2. The molecule has 17 heavy (non-hydrogen) atoms.